The Kier molecular flexibility index (Phi) is 12.9. The van der Waals surface area contributed by atoms with Crippen molar-refractivity contribution in [2.75, 3.05) is 32.8 Å². The van der Waals surface area contributed by atoms with Crippen molar-refractivity contribution in [2.45, 2.75) is 85.1 Å². The van der Waals surface area contributed by atoms with Gasteiger partial charge in [-0.1, -0.05) is 46.8 Å². The van der Waals surface area contributed by atoms with Crippen LogP contribution in [0.25, 0.3) is 10.2 Å². The minimum atomic E-state index is -0.483. The van der Waals surface area contributed by atoms with Gasteiger partial charge in [-0.05, 0) is 42.9 Å². The van der Waals surface area contributed by atoms with Crippen molar-refractivity contribution in [1.82, 2.24) is 15.2 Å². The van der Waals surface area contributed by atoms with Crippen LogP contribution < -0.4 is 5.32 Å². The highest BCUT2D eigenvalue weighted by atomic mass is 32.1. The minimum absolute atomic E-state index is 0.0460. The molecule has 1 aromatic carbocycles. The number of thiazole rings is 1. The number of hydrogen-bond acceptors (Lipinski definition) is 7. The molecule has 40 heavy (non-hydrogen) atoms. The van der Waals surface area contributed by atoms with Crippen molar-refractivity contribution in [2.24, 2.45) is 11.8 Å². The minimum Gasteiger partial charge on any atom is -0.379 e. The average molecular weight is 570 g/mol. The van der Waals surface area contributed by atoms with E-state index in [1.54, 1.807) is 11.3 Å². The second-order valence-electron chi connectivity index (χ2n) is 11.1. The van der Waals surface area contributed by atoms with Gasteiger partial charge in [0.15, 0.2) is 5.78 Å². The summed E-state index contributed by atoms with van der Waals surface area (Å²) < 4.78 is 6.51. The monoisotopic (exact) mass is 569 g/mol. The maximum absolute atomic E-state index is 13.7. The number of nitrogens with zero attached hydrogens (tertiary/aromatic N) is 2. The Morgan fingerprint density at radius 2 is 1.90 bits per heavy atom. The number of carbonyl (C=O) groups is 3. The number of amides is 1. The number of ketones is 2. The van der Waals surface area contributed by atoms with Crippen molar-refractivity contribution in [3.05, 3.63) is 40.9 Å². The molecule has 3 rings (SSSR count). The highest BCUT2D eigenvalue weighted by Gasteiger charge is 2.28. The molecule has 1 aromatic heterocycles. The molecule has 8 heteroatoms. The van der Waals surface area contributed by atoms with Crippen LogP contribution in [-0.4, -0.2) is 66.2 Å². The van der Waals surface area contributed by atoms with Crippen LogP contribution in [0.2, 0.25) is 0 Å². The third kappa shape index (κ3) is 9.60. The Labute approximate surface area is 243 Å². The number of hydrogen-bond donors (Lipinski definition) is 1. The molecule has 0 bridgehead atoms. The van der Waals surface area contributed by atoms with Gasteiger partial charge in [-0.25, -0.2) is 4.98 Å². The molecule has 0 aliphatic carbocycles. The second-order valence-corrected chi connectivity index (χ2v) is 12.2. The van der Waals surface area contributed by atoms with Crippen LogP contribution in [0, 0.1) is 11.8 Å². The first-order valence-electron chi connectivity index (χ1n) is 14.9. The predicted molar refractivity (Wildman–Crippen MR) is 163 cm³/mol. The van der Waals surface area contributed by atoms with Crippen LogP contribution in [0.15, 0.2) is 30.4 Å². The Bertz CT molecular complexity index is 1150. The maximum atomic E-state index is 13.7. The molecule has 1 aliphatic rings. The normalized spacial score (nSPS) is 16.4. The Morgan fingerprint density at radius 1 is 1.15 bits per heavy atom. The number of carbonyl (C=O) groups excluding carboxylic acids is 3. The number of rotatable bonds is 17. The van der Waals surface area contributed by atoms with Crippen molar-refractivity contribution in [3.63, 3.8) is 0 Å². The summed E-state index contributed by atoms with van der Waals surface area (Å²) in [5.41, 5.74) is 2.81. The van der Waals surface area contributed by atoms with E-state index in [4.69, 9.17) is 9.72 Å². The van der Waals surface area contributed by atoms with E-state index in [0.717, 1.165) is 47.6 Å². The maximum Gasteiger partial charge on any atom is 0.224 e. The van der Waals surface area contributed by atoms with Crippen LogP contribution in [-0.2, 0) is 32.0 Å². The fourth-order valence-corrected chi connectivity index (χ4v) is 6.22. The molecule has 1 N–H and O–H groups in total. The molecule has 0 unspecified atom stereocenters. The predicted octanol–water partition coefficient (Wildman–Crippen LogP) is 5.55. The van der Waals surface area contributed by atoms with Gasteiger partial charge < -0.3 is 10.1 Å². The molecule has 7 nitrogen and oxygen atoms in total. The van der Waals surface area contributed by atoms with Crippen LogP contribution in [0.5, 0.6) is 0 Å². The smallest absolute Gasteiger partial charge is 0.224 e. The van der Waals surface area contributed by atoms with E-state index in [9.17, 15) is 14.4 Å². The molecule has 1 amide bonds. The van der Waals surface area contributed by atoms with Crippen LogP contribution in [0.3, 0.4) is 0 Å². The van der Waals surface area contributed by atoms with E-state index < -0.39 is 5.92 Å². The molecular weight excluding hydrogens is 522 g/mol. The number of morpholine rings is 1. The van der Waals surface area contributed by atoms with Crippen molar-refractivity contribution in [1.29, 1.82) is 0 Å². The lowest BCUT2D eigenvalue weighted by molar-refractivity contribution is -0.130. The number of benzene rings is 1. The first-order chi connectivity index (χ1) is 19.2. The van der Waals surface area contributed by atoms with Crippen molar-refractivity contribution < 1.29 is 19.1 Å². The van der Waals surface area contributed by atoms with Gasteiger partial charge in [0, 0.05) is 56.9 Å². The van der Waals surface area contributed by atoms with Gasteiger partial charge in [-0.3, -0.25) is 19.3 Å². The molecule has 1 aliphatic heterocycles. The van der Waals surface area contributed by atoms with E-state index in [2.05, 4.69) is 49.7 Å². The third-order valence-corrected chi connectivity index (χ3v) is 8.99. The molecule has 3 atom stereocenters. The summed E-state index contributed by atoms with van der Waals surface area (Å²) in [5, 5.41) is 4.12. The summed E-state index contributed by atoms with van der Waals surface area (Å²) in [6.07, 6.45) is 4.61. The van der Waals surface area contributed by atoms with Gasteiger partial charge in [0.1, 0.15) is 5.78 Å². The van der Waals surface area contributed by atoms with Crippen molar-refractivity contribution in [3.8, 4) is 0 Å². The summed E-state index contributed by atoms with van der Waals surface area (Å²) in [5.74, 6) is -0.255. The molecule has 0 spiro atoms. The van der Waals surface area contributed by atoms with Crippen LogP contribution in [0.1, 0.15) is 76.8 Å². The summed E-state index contributed by atoms with van der Waals surface area (Å²) in [4.78, 5) is 46.2. The zero-order valence-electron chi connectivity index (χ0n) is 24.8. The van der Waals surface area contributed by atoms with Gasteiger partial charge in [-0.2, -0.15) is 0 Å². The molecule has 1 fully saturated rings. The van der Waals surface area contributed by atoms with Crippen LogP contribution >= 0.6 is 11.3 Å². The van der Waals surface area contributed by atoms with E-state index >= 15 is 0 Å². The Balaban J connectivity index is 1.67. The van der Waals surface area contributed by atoms with Gasteiger partial charge in [0.2, 0.25) is 5.91 Å². The Hall–Kier alpha value is -2.42. The zero-order valence-corrected chi connectivity index (χ0v) is 25.6. The molecule has 2 aromatic rings. The number of aromatic nitrogens is 1. The number of Topliss-reactive ketones (excluding diaryl/α,β-unsaturated/α-hetero) is 2. The lowest BCUT2D eigenvalue weighted by Crippen LogP contribution is -2.44. The average Bonchev–Trinajstić information content (AvgIpc) is 3.36. The standard InChI is InChI=1S/C32H47N3O4S/c1-6-9-26(36)19-25(20-31-33-28-11-10-24(8-3)18-30(28)40-31)32(38)34-27(22(4)7-2)12-13-29(37)23(5)21-35-14-16-39-17-15-35/h10-11,18,22,25,27H,5-9,12-17,19-21H2,1-4H3,(H,34,38)/t22-,25-,27+/m0/s1. The largest absolute Gasteiger partial charge is 0.379 e. The molecule has 220 valence electrons. The molecule has 1 saturated heterocycles. The SMILES string of the molecule is C=C(CN1CCOCC1)C(=O)CC[C@@H](NC(=O)[C@@H](CC(=O)CCC)Cc1nc2ccc(CC)cc2s1)[C@@H](C)CC. The van der Waals surface area contributed by atoms with E-state index in [0.29, 0.717) is 51.0 Å². The molecule has 2 heterocycles. The Morgan fingerprint density at radius 3 is 2.58 bits per heavy atom. The number of fused-ring (bicyclic) bond motifs is 1. The zero-order chi connectivity index (χ0) is 29.1. The second kappa shape index (κ2) is 16.1. The fraction of sp³-hybridized carbons (Fsp3) is 0.625. The summed E-state index contributed by atoms with van der Waals surface area (Å²) >= 11 is 1.61. The summed E-state index contributed by atoms with van der Waals surface area (Å²) in [6.45, 7) is 15.9. The van der Waals surface area contributed by atoms with Gasteiger partial charge in [0.25, 0.3) is 0 Å². The molecular formula is C32H47N3O4S. The molecule has 0 saturated carbocycles. The first-order valence-corrected chi connectivity index (χ1v) is 15.8. The number of ether oxygens (including phenoxy) is 1. The lowest BCUT2D eigenvalue weighted by Gasteiger charge is -2.28. The topological polar surface area (TPSA) is 88.6 Å². The van der Waals surface area contributed by atoms with E-state index in [-0.39, 0.29) is 35.9 Å². The van der Waals surface area contributed by atoms with Gasteiger partial charge in [0.05, 0.1) is 34.4 Å². The van der Waals surface area contributed by atoms with Gasteiger partial charge in [-0.15, -0.1) is 11.3 Å². The van der Waals surface area contributed by atoms with Gasteiger partial charge >= 0.3 is 0 Å². The lowest BCUT2D eigenvalue weighted by atomic mass is 9.91. The fourth-order valence-electron chi connectivity index (χ4n) is 5.11. The highest BCUT2D eigenvalue weighted by Crippen LogP contribution is 2.27. The van der Waals surface area contributed by atoms with Crippen molar-refractivity contribution >= 4 is 39.0 Å². The van der Waals surface area contributed by atoms with E-state index in [1.165, 1.54) is 5.56 Å². The quantitative estimate of drug-likeness (QED) is 0.252. The first kappa shape index (κ1) is 32.1. The summed E-state index contributed by atoms with van der Waals surface area (Å²) in [6, 6.07) is 6.14. The molecule has 0 radical (unpaired) electrons. The number of nitrogens with one attached hydrogen (secondary N) is 1. The number of aryl methyl sites for hydroxylation is 1. The van der Waals surface area contributed by atoms with E-state index in [1.807, 2.05) is 13.0 Å². The third-order valence-electron chi connectivity index (χ3n) is 7.95. The summed E-state index contributed by atoms with van der Waals surface area (Å²) in [7, 11) is 0. The highest BCUT2D eigenvalue weighted by molar-refractivity contribution is 7.18. The van der Waals surface area contributed by atoms with Crippen LogP contribution in [0.4, 0.5) is 0 Å².